The maximum Gasteiger partial charge on any atom is 0.203 e. The summed E-state index contributed by atoms with van der Waals surface area (Å²) in [6.45, 7) is 1.21. The summed E-state index contributed by atoms with van der Waals surface area (Å²) in [6, 6.07) is 3.84. The number of aryl methyl sites for hydroxylation is 1. The summed E-state index contributed by atoms with van der Waals surface area (Å²) in [7, 11) is 8.40. The summed E-state index contributed by atoms with van der Waals surface area (Å²) in [6.07, 6.45) is 2.25. The number of benzene rings is 1. The lowest BCUT2D eigenvalue weighted by atomic mass is 10.1. The van der Waals surface area contributed by atoms with Gasteiger partial charge in [0, 0.05) is 26.2 Å². The number of hydrogen-bond donors (Lipinski definition) is 2. The number of methoxy groups -OCH3 is 3. The molecule has 142 valence electrons. The molecule has 0 amide bonds. The molecule has 0 aliphatic carbocycles. The third kappa shape index (κ3) is 4.56. The van der Waals surface area contributed by atoms with Gasteiger partial charge in [-0.1, -0.05) is 6.07 Å². The van der Waals surface area contributed by atoms with Crippen LogP contribution in [0.15, 0.2) is 23.5 Å². The molecule has 0 radical (unpaired) electrons. The highest BCUT2D eigenvalue weighted by Gasteiger charge is 2.15. The van der Waals surface area contributed by atoms with E-state index in [2.05, 4.69) is 25.7 Å². The highest BCUT2D eigenvalue weighted by atomic mass is 16.5. The number of ether oxygens (including phenoxy) is 3. The van der Waals surface area contributed by atoms with E-state index in [1.807, 2.05) is 19.2 Å². The fourth-order valence-electron chi connectivity index (χ4n) is 2.54. The predicted octanol–water partition coefficient (Wildman–Crippen LogP) is 0.749. The highest BCUT2D eigenvalue weighted by molar-refractivity contribution is 5.79. The monoisotopic (exact) mass is 362 g/mol. The van der Waals surface area contributed by atoms with Gasteiger partial charge in [-0.05, 0) is 12.5 Å². The minimum atomic E-state index is 0.538. The van der Waals surface area contributed by atoms with Gasteiger partial charge in [0.15, 0.2) is 17.5 Å². The van der Waals surface area contributed by atoms with Crippen molar-refractivity contribution in [1.82, 2.24) is 25.4 Å². The molecule has 0 aliphatic heterocycles. The zero-order valence-electron chi connectivity index (χ0n) is 15.9. The number of aromatic nitrogens is 3. The van der Waals surface area contributed by atoms with E-state index < -0.39 is 0 Å². The number of nitrogens with zero attached hydrogens (tertiary/aromatic N) is 4. The van der Waals surface area contributed by atoms with Crippen LogP contribution in [0.5, 0.6) is 17.2 Å². The van der Waals surface area contributed by atoms with E-state index >= 15 is 0 Å². The molecule has 0 fully saturated rings. The van der Waals surface area contributed by atoms with Gasteiger partial charge in [0.25, 0.3) is 0 Å². The second kappa shape index (κ2) is 9.50. The summed E-state index contributed by atoms with van der Waals surface area (Å²) >= 11 is 0. The second-order valence-electron chi connectivity index (χ2n) is 5.40. The van der Waals surface area contributed by atoms with Crippen molar-refractivity contribution in [3.8, 4) is 17.2 Å². The van der Waals surface area contributed by atoms with Crippen LogP contribution < -0.4 is 24.8 Å². The maximum absolute atomic E-state index is 5.51. The molecule has 9 nitrogen and oxygen atoms in total. The van der Waals surface area contributed by atoms with E-state index in [4.69, 9.17) is 14.2 Å². The molecule has 2 aromatic rings. The van der Waals surface area contributed by atoms with Crippen molar-refractivity contribution in [2.24, 2.45) is 12.0 Å². The van der Waals surface area contributed by atoms with Crippen LogP contribution in [0, 0.1) is 0 Å². The highest BCUT2D eigenvalue weighted by Crippen LogP contribution is 2.39. The average Bonchev–Trinajstić information content (AvgIpc) is 3.08. The van der Waals surface area contributed by atoms with Crippen molar-refractivity contribution in [2.45, 2.75) is 13.0 Å². The van der Waals surface area contributed by atoms with Gasteiger partial charge in [-0.25, -0.2) is 4.98 Å². The quantitative estimate of drug-likeness (QED) is 0.528. The lowest BCUT2D eigenvalue weighted by molar-refractivity contribution is 0.322. The van der Waals surface area contributed by atoms with Gasteiger partial charge < -0.3 is 24.8 Å². The molecular formula is C17H26N6O3. The number of nitrogens with one attached hydrogen (secondary N) is 2. The first kappa shape index (κ1) is 19.4. The van der Waals surface area contributed by atoms with Crippen LogP contribution in [0.4, 0.5) is 0 Å². The zero-order valence-corrected chi connectivity index (χ0v) is 15.9. The topological polar surface area (TPSA) is 94.8 Å². The van der Waals surface area contributed by atoms with Crippen LogP contribution in [0.1, 0.15) is 11.4 Å². The van der Waals surface area contributed by atoms with Gasteiger partial charge in [0.05, 0.1) is 27.9 Å². The fourth-order valence-corrected chi connectivity index (χ4v) is 2.54. The summed E-state index contributed by atoms with van der Waals surface area (Å²) < 4.78 is 17.9. The smallest absolute Gasteiger partial charge is 0.203 e. The first-order chi connectivity index (χ1) is 12.6. The Kier molecular flexibility index (Phi) is 7.07. The molecule has 0 aliphatic rings. The standard InChI is InChI=1S/C17H26N6O3/c1-18-17(20-10-14-21-11-22-23(14)2)19-9-8-12-6-7-13(24-3)16(26-5)15(12)25-4/h6-7,11H,8-10H2,1-5H3,(H2,18,19,20). The minimum absolute atomic E-state index is 0.538. The van der Waals surface area contributed by atoms with Crippen molar-refractivity contribution in [2.75, 3.05) is 34.9 Å². The Bertz CT molecular complexity index is 744. The van der Waals surface area contributed by atoms with Gasteiger partial charge in [-0.2, -0.15) is 5.10 Å². The lowest BCUT2D eigenvalue weighted by Crippen LogP contribution is -2.38. The molecule has 0 saturated heterocycles. The van der Waals surface area contributed by atoms with Crippen LogP contribution in [-0.4, -0.2) is 55.6 Å². The van der Waals surface area contributed by atoms with E-state index in [0.717, 1.165) is 17.8 Å². The van der Waals surface area contributed by atoms with Gasteiger partial charge in [-0.15, -0.1) is 0 Å². The molecule has 0 atom stereocenters. The molecule has 9 heteroatoms. The third-order valence-corrected chi connectivity index (χ3v) is 3.92. The fraction of sp³-hybridized carbons (Fsp3) is 0.471. The molecule has 1 heterocycles. The SMILES string of the molecule is CN=C(NCCc1ccc(OC)c(OC)c1OC)NCc1ncnn1C. The molecule has 0 spiro atoms. The molecule has 26 heavy (non-hydrogen) atoms. The number of rotatable bonds is 8. The summed E-state index contributed by atoms with van der Waals surface area (Å²) in [5.41, 5.74) is 1.02. The van der Waals surface area contributed by atoms with Crippen LogP contribution in [0.3, 0.4) is 0 Å². The normalized spacial score (nSPS) is 11.2. The first-order valence-corrected chi connectivity index (χ1v) is 8.19. The van der Waals surface area contributed by atoms with Crippen LogP contribution in [-0.2, 0) is 20.0 Å². The largest absolute Gasteiger partial charge is 0.493 e. The first-order valence-electron chi connectivity index (χ1n) is 8.19. The number of guanidine groups is 1. The molecule has 0 saturated carbocycles. The molecule has 1 aromatic heterocycles. The van der Waals surface area contributed by atoms with Crippen molar-refractivity contribution in [3.63, 3.8) is 0 Å². The summed E-state index contributed by atoms with van der Waals surface area (Å²) in [5, 5.41) is 10.5. The van der Waals surface area contributed by atoms with E-state index in [9.17, 15) is 0 Å². The number of aliphatic imine (C=N–C) groups is 1. The predicted molar refractivity (Wildman–Crippen MR) is 99.0 cm³/mol. The Morgan fingerprint density at radius 2 is 1.88 bits per heavy atom. The Morgan fingerprint density at radius 1 is 1.12 bits per heavy atom. The zero-order chi connectivity index (χ0) is 18.9. The third-order valence-electron chi connectivity index (χ3n) is 3.92. The van der Waals surface area contributed by atoms with E-state index in [1.54, 1.807) is 33.1 Å². The molecular weight excluding hydrogens is 336 g/mol. The molecule has 0 unspecified atom stereocenters. The van der Waals surface area contributed by atoms with Crippen LogP contribution in [0.2, 0.25) is 0 Å². The van der Waals surface area contributed by atoms with Crippen molar-refractivity contribution < 1.29 is 14.2 Å². The Hall–Kier alpha value is -2.97. The van der Waals surface area contributed by atoms with Crippen molar-refractivity contribution >= 4 is 5.96 Å². The van der Waals surface area contributed by atoms with Crippen LogP contribution in [0.25, 0.3) is 0 Å². The Labute approximate surface area is 153 Å². The van der Waals surface area contributed by atoms with Gasteiger partial charge in [0.2, 0.25) is 5.75 Å². The molecule has 2 N–H and O–H groups in total. The van der Waals surface area contributed by atoms with Gasteiger partial charge in [-0.3, -0.25) is 9.67 Å². The summed E-state index contributed by atoms with van der Waals surface area (Å²) in [5.74, 6) is 3.43. The maximum atomic E-state index is 5.51. The lowest BCUT2D eigenvalue weighted by Gasteiger charge is -2.16. The van der Waals surface area contributed by atoms with Gasteiger partial charge >= 0.3 is 0 Å². The van der Waals surface area contributed by atoms with E-state index in [1.165, 1.54) is 6.33 Å². The van der Waals surface area contributed by atoms with Crippen LogP contribution >= 0.6 is 0 Å². The Morgan fingerprint density at radius 3 is 2.46 bits per heavy atom. The summed E-state index contributed by atoms with van der Waals surface area (Å²) in [4.78, 5) is 8.39. The molecule has 1 aromatic carbocycles. The Balaban J connectivity index is 1.94. The van der Waals surface area contributed by atoms with E-state index in [0.29, 0.717) is 36.3 Å². The second-order valence-corrected chi connectivity index (χ2v) is 5.40. The molecule has 0 bridgehead atoms. The number of hydrogen-bond acceptors (Lipinski definition) is 6. The van der Waals surface area contributed by atoms with Gasteiger partial charge in [0.1, 0.15) is 12.2 Å². The van der Waals surface area contributed by atoms with Crippen molar-refractivity contribution in [1.29, 1.82) is 0 Å². The van der Waals surface area contributed by atoms with Crippen molar-refractivity contribution in [3.05, 3.63) is 29.8 Å². The molecule has 2 rings (SSSR count). The minimum Gasteiger partial charge on any atom is -0.493 e. The average molecular weight is 362 g/mol. The van der Waals surface area contributed by atoms with E-state index in [-0.39, 0.29) is 0 Å².